The molecule has 1 saturated carbocycles. The number of aromatic nitrogens is 1. The number of rotatable bonds is 5. The number of hydrogen-bond donors (Lipinski definition) is 1. The molecule has 1 N–H and O–H groups in total. The molecule has 1 aliphatic rings. The Balaban J connectivity index is 1.66. The van der Waals surface area contributed by atoms with Gasteiger partial charge in [-0.2, -0.15) is 0 Å². The molecule has 0 aliphatic heterocycles. The van der Waals surface area contributed by atoms with Crippen LogP contribution < -0.4 is 0 Å². The maximum atomic E-state index is 12.5. The van der Waals surface area contributed by atoms with Crippen molar-refractivity contribution in [3.63, 3.8) is 0 Å². The number of benzene rings is 1. The van der Waals surface area contributed by atoms with Crippen LogP contribution in [0.15, 0.2) is 70.3 Å². The fraction of sp³-hybridized carbons (Fsp3) is 0.391. The SMILES string of the molecule is CC1(C)CCCC(C)(O)C1=C=C/C=C/C=C/CS(=O)(=O)c1nc2ccccc2s1. The molecule has 6 heteroatoms. The molecule has 0 amide bonds. The predicted octanol–water partition coefficient (Wildman–Crippen LogP) is 5.23. The third-order valence-corrected chi connectivity index (χ3v) is 8.32. The van der Waals surface area contributed by atoms with Crippen LogP contribution in [0.4, 0.5) is 0 Å². The van der Waals surface area contributed by atoms with Crippen molar-refractivity contribution in [1.29, 1.82) is 0 Å². The number of allylic oxidation sites excluding steroid dienone is 3. The Morgan fingerprint density at radius 2 is 1.93 bits per heavy atom. The van der Waals surface area contributed by atoms with E-state index in [-0.39, 0.29) is 15.5 Å². The molecule has 0 saturated heterocycles. The van der Waals surface area contributed by atoms with Gasteiger partial charge in [-0.15, -0.1) is 17.1 Å². The Morgan fingerprint density at radius 1 is 1.17 bits per heavy atom. The molecule has 1 aromatic heterocycles. The highest BCUT2D eigenvalue weighted by atomic mass is 32.2. The summed E-state index contributed by atoms with van der Waals surface area (Å²) in [5.74, 6) is -0.0935. The van der Waals surface area contributed by atoms with Crippen molar-refractivity contribution in [3.05, 3.63) is 65.9 Å². The van der Waals surface area contributed by atoms with E-state index in [2.05, 4.69) is 24.6 Å². The van der Waals surface area contributed by atoms with E-state index in [0.717, 1.165) is 29.5 Å². The van der Waals surface area contributed by atoms with Crippen molar-refractivity contribution in [2.24, 2.45) is 5.41 Å². The highest BCUT2D eigenvalue weighted by Gasteiger charge is 2.40. The largest absolute Gasteiger partial charge is 0.385 e. The summed E-state index contributed by atoms with van der Waals surface area (Å²) in [6.45, 7) is 6.11. The van der Waals surface area contributed by atoms with Crippen LogP contribution in [0.5, 0.6) is 0 Å². The Morgan fingerprint density at radius 3 is 2.66 bits per heavy atom. The number of thiazole rings is 1. The van der Waals surface area contributed by atoms with E-state index < -0.39 is 15.4 Å². The zero-order chi connectivity index (χ0) is 21.1. The molecule has 1 fully saturated rings. The van der Waals surface area contributed by atoms with Gasteiger partial charge in [0.2, 0.25) is 14.2 Å². The molecule has 1 aromatic carbocycles. The van der Waals surface area contributed by atoms with E-state index in [9.17, 15) is 13.5 Å². The van der Waals surface area contributed by atoms with Crippen molar-refractivity contribution < 1.29 is 13.5 Å². The number of nitrogens with zero attached hydrogens (tertiary/aromatic N) is 1. The highest BCUT2D eigenvalue weighted by Crippen LogP contribution is 2.44. The van der Waals surface area contributed by atoms with Crippen LogP contribution in [0, 0.1) is 5.41 Å². The lowest BCUT2D eigenvalue weighted by Gasteiger charge is -2.41. The van der Waals surface area contributed by atoms with Gasteiger partial charge in [0.25, 0.3) is 0 Å². The second-order valence-electron chi connectivity index (χ2n) is 8.24. The Labute approximate surface area is 176 Å². The van der Waals surface area contributed by atoms with Crippen LogP contribution in [0.25, 0.3) is 10.2 Å². The van der Waals surface area contributed by atoms with Gasteiger partial charge in [-0.1, -0.05) is 50.3 Å². The lowest BCUT2D eigenvalue weighted by molar-refractivity contribution is 0.0401. The average Bonchev–Trinajstić information content (AvgIpc) is 3.07. The first-order valence-corrected chi connectivity index (χ1v) is 12.2. The first-order chi connectivity index (χ1) is 13.6. The minimum absolute atomic E-state index is 0.0761. The normalized spacial score (nSPS) is 22.4. The smallest absolute Gasteiger partial charge is 0.210 e. The van der Waals surface area contributed by atoms with Crippen LogP contribution in [-0.2, 0) is 9.84 Å². The van der Waals surface area contributed by atoms with E-state index in [0.29, 0.717) is 5.52 Å². The molecule has 2 aromatic rings. The van der Waals surface area contributed by atoms with Crippen molar-refractivity contribution in [2.45, 2.75) is 50.0 Å². The fourth-order valence-electron chi connectivity index (χ4n) is 3.77. The Kier molecular flexibility index (Phi) is 6.30. The molecule has 4 nitrogen and oxygen atoms in total. The topological polar surface area (TPSA) is 67.3 Å². The summed E-state index contributed by atoms with van der Waals surface area (Å²) < 4.78 is 25.9. The molecule has 0 bridgehead atoms. The van der Waals surface area contributed by atoms with Crippen molar-refractivity contribution >= 4 is 31.4 Å². The van der Waals surface area contributed by atoms with Crippen molar-refractivity contribution in [1.82, 2.24) is 4.98 Å². The maximum absolute atomic E-state index is 12.5. The standard InChI is InChI=1S/C23H27NO3S2/c1-22(2)15-11-16-23(3,25)20(22)14-7-5-4-6-10-17-29(26,27)21-24-18-12-8-9-13-19(18)28-21/h4-10,12-13,25H,11,15-17H2,1-3H3/b5-4+,10-6+. The third-order valence-electron chi connectivity index (χ3n) is 5.22. The van der Waals surface area contributed by atoms with E-state index >= 15 is 0 Å². The van der Waals surface area contributed by atoms with E-state index in [4.69, 9.17) is 0 Å². The summed E-state index contributed by atoms with van der Waals surface area (Å²) in [7, 11) is -3.44. The molecule has 1 atom stereocenters. The molecule has 154 valence electrons. The van der Waals surface area contributed by atoms with E-state index in [1.165, 1.54) is 11.3 Å². The second-order valence-corrected chi connectivity index (χ2v) is 11.5. The van der Waals surface area contributed by atoms with E-state index in [1.54, 1.807) is 30.4 Å². The van der Waals surface area contributed by atoms with Crippen LogP contribution in [0.2, 0.25) is 0 Å². The van der Waals surface area contributed by atoms with Crippen molar-refractivity contribution in [2.75, 3.05) is 5.75 Å². The van der Waals surface area contributed by atoms with Crippen LogP contribution >= 0.6 is 11.3 Å². The summed E-state index contributed by atoms with van der Waals surface area (Å²) in [6, 6.07) is 7.41. The zero-order valence-corrected chi connectivity index (χ0v) is 18.7. The summed E-state index contributed by atoms with van der Waals surface area (Å²) >= 11 is 1.20. The van der Waals surface area contributed by atoms with Gasteiger partial charge in [-0.25, -0.2) is 13.4 Å². The van der Waals surface area contributed by atoms with Gasteiger partial charge in [-0.3, -0.25) is 0 Å². The monoisotopic (exact) mass is 429 g/mol. The summed E-state index contributed by atoms with van der Waals surface area (Å²) in [5.41, 5.74) is 3.97. The molecular formula is C23H27NO3S2. The lowest BCUT2D eigenvalue weighted by atomic mass is 9.66. The minimum Gasteiger partial charge on any atom is -0.385 e. The summed E-state index contributed by atoms with van der Waals surface area (Å²) in [4.78, 5) is 4.23. The Bertz CT molecular complexity index is 1060. The average molecular weight is 430 g/mol. The van der Waals surface area contributed by atoms with Gasteiger partial charge in [0, 0.05) is 5.57 Å². The number of sulfone groups is 1. The first kappa shape index (κ1) is 21.7. The molecule has 1 heterocycles. The first-order valence-electron chi connectivity index (χ1n) is 9.72. The zero-order valence-electron chi connectivity index (χ0n) is 17.1. The van der Waals surface area contributed by atoms with Crippen LogP contribution in [0.3, 0.4) is 0 Å². The lowest BCUT2D eigenvalue weighted by Crippen LogP contribution is -2.39. The number of hydrogen-bond acceptors (Lipinski definition) is 5. The Hall–Kier alpha value is -1.98. The number of aliphatic hydroxyl groups is 1. The maximum Gasteiger partial charge on any atom is 0.210 e. The van der Waals surface area contributed by atoms with Gasteiger partial charge in [-0.05, 0) is 49.8 Å². The molecule has 1 aliphatic carbocycles. The van der Waals surface area contributed by atoms with Gasteiger partial charge in [0.1, 0.15) is 0 Å². The number of fused-ring (bicyclic) bond motifs is 1. The minimum atomic E-state index is -3.44. The fourth-order valence-corrected chi connectivity index (χ4v) is 6.19. The molecule has 29 heavy (non-hydrogen) atoms. The van der Waals surface area contributed by atoms with Crippen LogP contribution in [0.1, 0.15) is 40.0 Å². The van der Waals surface area contributed by atoms with E-state index in [1.807, 2.05) is 31.2 Å². The second kappa shape index (κ2) is 8.41. The molecule has 0 radical (unpaired) electrons. The highest BCUT2D eigenvalue weighted by molar-refractivity contribution is 7.93. The predicted molar refractivity (Wildman–Crippen MR) is 120 cm³/mol. The van der Waals surface area contributed by atoms with Gasteiger partial charge in [0.15, 0.2) is 0 Å². The molecule has 0 spiro atoms. The molecule has 1 unspecified atom stereocenters. The van der Waals surface area contributed by atoms with Crippen LogP contribution in [-0.4, -0.2) is 29.9 Å². The summed E-state index contributed by atoms with van der Waals surface area (Å²) in [5, 5.41) is 10.6. The van der Waals surface area contributed by atoms with Gasteiger partial charge >= 0.3 is 0 Å². The number of para-hydroxylation sites is 1. The van der Waals surface area contributed by atoms with Gasteiger partial charge in [0.05, 0.1) is 21.6 Å². The van der Waals surface area contributed by atoms with Gasteiger partial charge < -0.3 is 5.11 Å². The third kappa shape index (κ3) is 5.14. The molecular weight excluding hydrogens is 402 g/mol. The quantitative estimate of drug-likeness (QED) is 0.522. The summed E-state index contributed by atoms with van der Waals surface area (Å²) in [6.07, 6.45) is 11.5. The van der Waals surface area contributed by atoms with Crippen molar-refractivity contribution in [3.8, 4) is 0 Å². The molecule has 3 rings (SSSR count).